The second kappa shape index (κ2) is 7.69. The smallest absolute Gasteiger partial charge is 0.341 e. The van der Waals surface area contributed by atoms with Crippen LogP contribution >= 0.6 is 0 Å². The van der Waals surface area contributed by atoms with Crippen LogP contribution in [0.1, 0.15) is 27.6 Å². The third-order valence-corrected chi connectivity index (χ3v) is 3.82. The van der Waals surface area contributed by atoms with Crippen molar-refractivity contribution in [3.05, 3.63) is 60.0 Å². The zero-order valence-electron chi connectivity index (χ0n) is 14.6. The van der Waals surface area contributed by atoms with Crippen molar-refractivity contribution in [1.29, 1.82) is 0 Å². The lowest BCUT2D eigenvalue weighted by Gasteiger charge is -2.15. The predicted octanol–water partition coefficient (Wildman–Crippen LogP) is 2.80. The van der Waals surface area contributed by atoms with E-state index in [1.54, 1.807) is 30.3 Å². The Morgan fingerprint density at radius 2 is 1.78 bits per heavy atom. The molecule has 3 aromatic rings. The number of rotatable bonds is 5. The first-order chi connectivity index (χ1) is 13.0. The molecule has 3 rings (SSSR count). The summed E-state index contributed by atoms with van der Waals surface area (Å²) < 4.78 is 15.1. The minimum atomic E-state index is -1.11. The summed E-state index contributed by atoms with van der Waals surface area (Å²) in [5.41, 5.74) is 1.44. The van der Waals surface area contributed by atoms with E-state index in [4.69, 9.17) is 9.15 Å². The molecule has 138 valence electrons. The van der Waals surface area contributed by atoms with Crippen LogP contribution in [0, 0.1) is 0 Å². The van der Waals surface area contributed by atoms with E-state index in [-0.39, 0.29) is 16.8 Å². The third kappa shape index (κ3) is 3.79. The van der Waals surface area contributed by atoms with Crippen LogP contribution in [0.4, 0.5) is 5.69 Å². The zero-order valence-corrected chi connectivity index (χ0v) is 14.6. The molecule has 0 aliphatic carbocycles. The summed E-state index contributed by atoms with van der Waals surface area (Å²) in [6, 6.07) is 11.2. The number of ether oxygens (including phenoxy) is 2. The summed E-state index contributed by atoms with van der Waals surface area (Å²) in [5, 5.41) is 2.56. The number of esters is 2. The number of benzene rings is 2. The number of anilines is 1. The normalized spacial score (nSPS) is 11.6. The van der Waals surface area contributed by atoms with Crippen molar-refractivity contribution in [2.24, 2.45) is 0 Å². The van der Waals surface area contributed by atoms with Crippen LogP contribution in [0.3, 0.4) is 0 Å². The van der Waals surface area contributed by atoms with Gasteiger partial charge in [0.1, 0.15) is 5.52 Å². The number of carbonyl (C=O) groups is 3. The van der Waals surface area contributed by atoms with Crippen molar-refractivity contribution in [3.8, 4) is 0 Å². The van der Waals surface area contributed by atoms with Gasteiger partial charge >= 0.3 is 11.9 Å². The number of methoxy groups -OCH3 is 1. The van der Waals surface area contributed by atoms with Crippen molar-refractivity contribution in [3.63, 3.8) is 0 Å². The van der Waals surface area contributed by atoms with E-state index < -0.39 is 23.9 Å². The Balaban J connectivity index is 1.72. The summed E-state index contributed by atoms with van der Waals surface area (Å²) in [5.74, 6) is -1.89. The molecule has 2 aromatic carbocycles. The number of oxazole rings is 1. The van der Waals surface area contributed by atoms with Crippen molar-refractivity contribution in [2.75, 3.05) is 12.4 Å². The number of aromatic nitrogens is 1. The van der Waals surface area contributed by atoms with Crippen LogP contribution in [0.2, 0.25) is 0 Å². The molecule has 0 bridgehead atoms. The molecule has 0 saturated carbocycles. The van der Waals surface area contributed by atoms with Crippen molar-refractivity contribution < 1.29 is 28.3 Å². The van der Waals surface area contributed by atoms with Gasteiger partial charge in [-0.2, -0.15) is 0 Å². The van der Waals surface area contributed by atoms with E-state index in [1.165, 1.54) is 32.6 Å². The van der Waals surface area contributed by atoms with Gasteiger partial charge in [0.05, 0.1) is 23.9 Å². The minimum Gasteiger partial charge on any atom is -0.465 e. The second-order valence-corrected chi connectivity index (χ2v) is 5.58. The molecule has 8 heteroatoms. The van der Waals surface area contributed by atoms with E-state index in [0.717, 1.165) is 0 Å². The lowest BCUT2D eigenvalue weighted by molar-refractivity contribution is -0.123. The Morgan fingerprint density at radius 3 is 2.56 bits per heavy atom. The van der Waals surface area contributed by atoms with Crippen LogP contribution in [-0.4, -0.2) is 36.0 Å². The van der Waals surface area contributed by atoms with Gasteiger partial charge in [-0.15, -0.1) is 0 Å². The second-order valence-electron chi connectivity index (χ2n) is 5.58. The standard InChI is InChI=1S/C19H16N2O6/c1-11(17(22)21-14-8-4-3-6-12(14)18(23)25-2)27-19(24)13-7-5-9-15-16(13)20-10-26-15/h3-11H,1-2H3,(H,21,22). The summed E-state index contributed by atoms with van der Waals surface area (Å²) in [6.07, 6.45) is 0.117. The van der Waals surface area contributed by atoms with Gasteiger partial charge in [-0.25, -0.2) is 14.6 Å². The molecule has 1 amide bonds. The lowest BCUT2D eigenvalue weighted by atomic mass is 10.1. The molecule has 1 atom stereocenters. The minimum absolute atomic E-state index is 0.191. The molecule has 1 heterocycles. The Hall–Kier alpha value is -3.68. The monoisotopic (exact) mass is 368 g/mol. The van der Waals surface area contributed by atoms with E-state index in [1.807, 2.05) is 0 Å². The molecule has 1 aromatic heterocycles. The van der Waals surface area contributed by atoms with Gasteiger partial charge in [-0.3, -0.25) is 4.79 Å². The van der Waals surface area contributed by atoms with Crippen LogP contribution in [0.5, 0.6) is 0 Å². The summed E-state index contributed by atoms with van der Waals surface area (Å²) >= 11 is 0. The lowest BCUT2D eigenvalue weighted by Crippen LogP contribution is -2.30. The quantitative estimate of drug-likeness (QED) is 0.690. The first-order valence-electron chi connectivity index (χ1n) is 8.02. The van der Waals surface area contributed by atoms with Crippen LogP contribution in [-0.2, 0) is 14.3 Å². The molecular weight excluding hydrogens is 352 g/mol. The maximum atomic E-state index is 12.4. The molecule has 0 spiro atoms. The van der Waals surface area contributed by atoms with Crippen LogP contribution < -0.4 is 5.32 Å². The Bertz CT molecular complexity index is 1010. The van der Waals surface area contributed by atoms with E-state index >= 15 is 0 Å². The molecule has 1 unspecified atom stereocenters. The number of nitrogens with one attached hydrogen (secondary N) is 1. The van der Waals surface area contributed by atoms with Gasteiger partial charge in [-0.1, -0.05) is 18.2 Å². The third-order valence-electron chi connectivity index (χ3n) is 3.82. The van der Waals surface area contributed by atoms with Gasteiger partial charge in [-0.05, 0) is 31.2 Å². The Labute approximate surface area is 154 Å². The van der Waals surface area contributed by atoms with Gasteiger partial charge in [0.2, 0.25) is 0 Å². The summed E-state index contributed by atoms with van der Waals surface area (Å²) in [7, 11) is 1.25. The Morgan fingerprint density at radius 1 is 1.04 bits per heavy atom. The topological polar surface area (TPSA) is 108 Å². The molecule has 0 saturated heterocycles. The summed E-state index contributed by atoms with van der Waals surface area (Å²) in [4.78, 5) is 40.5. The van der Waals surface area contributed by atoms with Crippen LogP contribution in [0.25, 0.3) is 11.1 Å². The molecule has 0 aliphatic rings. The highest BCUT2D eigenvalue weighted by Crippen LogP contribution is 2.19. The fourth-order valence-electron chi connectivity index (χ4n) is 2.44. The first-order valence-corrected chi connectivity index (χ1v) is 8.02. The molecular formula is C19H16N2O6. The van der Waals surface area contributed by atoms with Gasteiger partial charge in [0, 0.05) is 0 Å². The van der Waals surface area contributed by atoms with Gasteiger partial charge in [0.15, 0.2) is 18.1 Å². The van der Waals surface area contributed by atoms with Crippen LogP contribution in [0.15, 0.2) is 53.3 Å². The van der Waals surface area contributed by atoms with Crippen molar-refractivity contribution in [1.82, 2.24) is 4.98 Å². The molecule has 0 aliphatic heterocycles. The number of carbonyl (C=O) groups excluding carboxylic acids is 3. The molecule has 0 radical (unpaired) electrons. The first kappa shape index (κ1) is 18.1. The molecule has 27 heavy (non-hydrogen) atoms. The molecule has 8 nitrogen and oxygen atoms in total. The number of amides is 1. The average molecular weight is 368 g/mol. The largest absolute Gasteiger partial charge is 0.465 e. The summed E-state index contributed by atoms with van der Waals surface area (Å²) in [6.45, 7) is 1.43. The van der Waals surface area contributed by atoms with E-state index in [0.29, 0.717) is 11.1 Å². The predicted molar refractivity (Wildman–Crippen MR) is 95.3 cm³/mol. The zero-order chi connectivity index (χ0) is 19.4. The van der Waals surface area contributed by atoms with Crippen molar-refractivity contribution in [2.45, 2.75) is 13.0 Å². The number of fused-ring (bicyclic) bond motifs is 1. The number of hydrogen-bond donors (Lipinski definition) is 1. The molecule has 0 fully saturated rings. The number of nitrogens with zero attached hydrogens (tertiary/aromatic N) is 1. The highest BCUT2D eigenvalue weighted by Gasteiger charge is 2.23. The molecule has 1 N–H and O–H groups in total. The van der Waals surface area contributed by atoms with Gasteiger partial charge in [0.25, 0.3) is 5.91 Å². The highest BCUT2D eigenvalue weighted by atomic mass is 16.5. The van der Waals surface area contributed by atoms with E-state index in [9.17, 15) is 14.4 Å². The average Bonchev–Trinajstić information content (AvgIpc) is 3.16. The number of para-hydroxylation sites is 2. The van der Waals surface area contributed by atoms with Gasteiger partial charge < -0.3 is 19.2 Å². The SMILES string of the molecule is COC(=O)c1ccccc1NC(=O)C(C)OC(=O)c1cccc2ocnc12. The fourth-order valence-corrected chi connectivity index (χ4v) is 2.44. The Kier molecular flexibility index (Phi) is 5.16. The van der Waals surface area contributed by atoms with Crippen molar-refractivity contribution >= 4 is 34.6 Å². The van der Waals surface area contributed by atoms with E-state index in [2.05, 4.69) is 15.0 Å². The highest BCUT2D eigenvalue weighted by molar-refractivity contribution is 6.05. The maximum Gasteiger partial charge on any atom is 0.341 e. The number of hydrogen-bond acceptors (Lipinski definition) is 7. The maximum absolute atomic E-state index is 12.4. The fraction of sp³-hybridized carbons (Fsp3) is 0.158.